The zero-order valence-electron chi connectivity index (χ0n) is 13.7. The van der Waals surface area contributed by atoms with Crippen molar-refractivity contribution in [3.8, 4) is 5.75 Å². The molecule has 0 unspecified atom stereocenters. The highest BCUT2D eigenvalue weighted by molar-refractivity contribution is 5.32. The monoisotopic (exact) mass is 287 g/mol. The average molecular weight is 287 g/mol. The summed E-state index contributed by atoms with van der Waals surface area (Å²) < 4.78 is 6.19. The van der Waals surface area contributed by atoms with E-state index in [1.54, 1.807) is 0 Å². The molecule has 4 rings (SSSR count). The Morgan fingerprint density at radius 1 is 1.05 bits per heavy atom. The van der Waals surface area contributed by atoms with E-state index in [-0.39, 0.29) is 11.0 Å². The van der Waals surface area contributed by atoms with Crippen molar-refractivity contribution in [3.05, 3.63) is 29.8 Å². The molecule has 0 heterocycles. The molecule has 2 heteroatoms. The molecule has 2 N–H and O–H groups in total. The standard InChI is InChI=1S/C19H29NO/c1-17(2,3)15-5-4-6-16(13-15)21-14-18-7-10-19(20,11-8-18)12-9-18/h4-6,13H,7-12,14,20H2,1-3H3. The smallest absolute Gasteiger partial charge is 0.119 e. The Labute approximate surface area is 129 Å². The number of nitrogens with two attached hydrogens (primary N) is 1. The molecule has 0 saturated heterocycles. The van der Waals surface area contributed by atoms with Crippen LogP contribution in [0.1, 0.15) is 64.9 Å². The molecule has 0 radical (unpaired) electrons. The number of rotatable bonds is 3. The fraction of sp³-hybridized carbons (Fsp3) is 0.684. The minimum atomic E-state index is 0.147. The Bertz CT molecular complexity index is 490. The summed E-state index contributed by atoms with van der Waals surface area (Å²) >= 11 is 0. The van der Waals surface area contributed by atoms with E-state index >= 15 is 0 Å². The molecule has 1 aromatic rings. The predicted octanol–water partition coefficient (Wildman–Crippen LogP) is 4.41. The second-order valence-corrected chi connectivity index (χ2v) is 8.43. The van der Waals surface area contributed by atoms with Crippen molar-refractivity contribution in [2.24, 2.45) is 11.1 Å². The van der Waals surface area contributed by atoms with Crippen LogP contribution >= 0.6 is 0 Å². The Morgan fingerprint density at radius 2 is 1.67 bits per heavy atom. The summed E-state index contributed by atoms with van der Waals surface area (Å²) in [6.07, 6.45) is 7.25. The molecule has 3 saturated carbocycles. The fourth-order valence-corrected chi connectivity index (χ4v) is 3.80. The normalized spacial score (nSPS) is 32.2. The summed E-state index contributed by atoms with van der Waals surface area (Å²) in [5.74, 6) is 1.02. The average Bonchev–Trinajstić information content (AvgIpc) is 2.46. The van der Waals surface area contributed by atoms with Gasteiger partial charge in [0.05, 0.1) is 6.61 Å². The summed E-state index contributed by atoms with van der Waals surface area (Å²) in [6.45, 7) is 7.59. The Kier molecular flexibility index (Phi) is 3.56. The molecule has 1 aromatic carbocycles. The molecule has 0 atom stereocenters. The molecule has 3 fully saturated rings. The first-order valence-corrected chi connectivity index (χ1v) is 8.33. The van der Waals surface area contributed by atoms with Gasteiger partial charge in [-0.15, -0.1) is 0 Å². The molecule has 116 valence electrons. The molecule has 21 heavy (non-hydrogen) atoms. The van der Waals surface area contributed by atoms with Crippen LogP contribution in [-0.2, 0) is 5.41 Å². The predicted molar refractivity (Wildman–Crippen MR) is 87.7 cm³/mol. The van der Waals surface area contributed by atoms with Crippen LogP contribution in [0.2, 0.25) is 0 Å². The summed E-state index contributed by atoms with van der Waals surface area (Å²) in [5.41, 5.74) is 8.44. The molecule has 0 spiro atoms. The van der Waals surface area contributed by atoms with Gasteiger partial charge in [-0.3, -0.25) is 0 Å². The van der Waals surface area contributed by atoms with Gasteiger partial charge in [-0.1, -0.05) is 32.9 Å². The molecule has 3 aliphatic rings. The van der Waals surface area contributed by atoms with Crippen molar-refractivity contribution in [2.75, 3.05) is 6.61 Å². The van der Waals surface area contributed by atoms with Gasteiger partial charge in [0.1, 0.15) is 5.75 Å². The molecule has 2 nitrogen and oxygen atoms in total. The van der Waals surface area contributed by atoms with E-state index in [0.29, 0.717) is 5.41 Å². The summed E-state index contributed by atoms with van der Waals surface area (Å²) in [6, 6.07) is 8.59. The van der Waals surface area contributed by atoms with Crippen LogP contribution in [0.3, 0.4) is 0 Å². The third-order valence-corrected chi connectivity index (χ3v) is 5.70. The largest absolute Gasteiger partial charge is 0.493 e. The number of fused-ring (bicyclic) bond motifs is 3. The Hall–Kier alpha value is -1.02. The second-order valence-electron chi connectivity index (χ2n) is 8.43. The first kappa shape index (κ1) is 14.9. The lowest BCUT2D eigenvalue weighted by molar-refractivity contribution is 0.00529. The van der Waals surface area contributed by atoms with Crippen molar-refractivity contribution >= 4 is 0 Å². The minimum Gasteiger partial charge on any atom is -0.493 e. The van der Waals surface area contributed by atoms with E-state index in [9.17, 15) is 0 Å². The molecule has 3 aliphatic carbocycles. The van der Waals surface area contributed by atoms with Gasteiger partial charge in [-0.25, -0.2) is 0 Å². The molecule has 0 aromatic heterocycles. The number of hydrogen-bond donors (Lipinski definition) is 1. The highest BCUT2D eigenvalue weighted by Crippen LogP contribution is 2.51. The zero-order valence-corrected chi connectivity index (χ0v) is 13.7. The van der Waals surface area contributed by atoms with E-state index in [0.717, 1.165) is 12.4 Å². The third-order valence-electron chi connectivity index (χ3n) is 5.70. The summed E-state index contributed by atoms with van der Waals surface area (Å²) in [4.78, 5) is 0. The van der Waals surface area contributed by atoms with Gasteiger partial charge >= 0.3 is 0 Å². The quantitative estimate of drug-likeness (QED) is 0.893. The van der Waals surface area contributed by atoms with Crippen LogP contribution in [0.5, 0.6) is 5.75 Å². The van der Waals surface area contributed by atoms with Gasteiger partial charge in [-0.2, -0.15) is 0 Å². The van der Waals surface area contributed by atoms with Crippen LogP contribution in [-0.4, -0.2) is 12.1 Å². The van der Waals surface area contributed by atoms with Gasteiger partial charge in [0.15, 0.2) is 0 Å². The van der Waals surface area contributed by atoms with Gasteiger partial charge in [0, 0.05) is 11.0 Å². The molecule has 0 aliphatic heterocycles. The first-order chi connectivity index (χ1) is 9.80. The van der Waals surface area contributed by atoms with E-state index in [1.807, 2.05) is 0 Å². The lowest BCUT2D eigenvalue weighted by Crippen LogP contribution is -2.53. The van der Waals surface area contributed by atoms with Gasteiger partial charge in [0.25, 0.3) is 0 Å². The maximum atomic E-state index is 6.39. The van der Waals surface area contributed by atoms with Gasteiger partial charge in [0.2, 0.25) is 0 Å². The van der Waals surface area contributed by atoms with E-state index < -0.39 is 0 Å². The lowest BCUT2D eigenvalue weighted by atomic mass is 9.58. The van der Waals surface area contributed by atoms with Crippen molar-refractivity contribution in [1.29, 1.82) is 0 Å². The number of ether oxygens (including phenoxy) is 1. The van der Waals surface area contributed by atoms with Crippen LogP contribution in [0.4, 0.5) is 0 Å². The van der Waals surface area contributed by atoms with Crippen molar-refractivity contribution in [2.45, 2.75) is 70.3 Å². The highest BCUT2D eigenvalue weighted by Gasteiger charge is 2.47. The molecule has 0 amide bonds. The Balaban J connectivity index is 1.66. The third kappa shape index (κ3) is 3.11. The maximum absolute atomic E-state index is 6.39. The lowest BCUT2D eigenvalue weighted by Gasteiger charge is -2.51. The topological polar surface area (TPSA) is 35.2 Å². The van der Waals surface area contributed by atoms with E-state index in [1.165, 1.54) is 44.1 Å². The summed E-state index contributed by atoms with van der Waals surface area (Å²) in [7, 11) is 0. The maximum Gasteiger partial charge on any atom is 0.119 e. The fourth-order valence-electron chi connectivity index (χ4n) is 3.80. The summed E-state index contributed by atoms with van der Waals surface area (Å²) in [5, 5.41) is 0. The van der Waals surface area contributed by atoms with Crippen molar-refractivity contribution in [3.63, 3.8) is 0 Å². The van der Waals surface area contributed by atoms with Crippen LogP contribution < -0.4 is 10.5 Å². The van der Waals surface area contributed by atoms with Crippen molar-refractivity contribution in [1.82, 2.24) is 0 Å². The molecule has 2 bridgehead atoms. The van der Waals surface area contributed by atoms with Crippen LogP contribution in [0.15, 0.2) is 24.3 Å². The van der Waals surface area contributed by atoms with E-state index in [2.05, 4.69) is 45.0 Å². The first-order valence-electron chi connectivity index (χ1n) is 8.33. The number of hydrogen-bond acceptors (Lipinski definition) is 2. The van der Waals surface area contributed by atoms with Crippen molar-refractivity contribution < 1.29 is 4.74 Å². The molecular formula is C19H29NO. The second kappa shape index (κ2) is 5.01. The molecular weight excluding hydrogens is 258 g/mol. The van der Waals surface area contributed by atoms with Crippen LogP contribution in [0, 0.1) is 5.41 Å². The minimum absolute atomic E-state index is 0.147. The zero-order chi connectivity index (χ0) is 15.1. The SMILES string of the molecule is CC(C)(C)c1cccc(OCC23CCC(N)(CC2)CC3)c1. The van der Waals surface area contributed by atoms with Crippen LogP contribution in [0.25, 0.3) is 0 Å². The Morgan fingerprint density at radius 3 is 2.24 bits per heavy atom. The number of benzene rings is 1. The highest BCUT2D eigenvalue weighted by atomic mass is 16.5. The van der Waals surface area contributed by atoms with Gasteiger partial charge < -0.3 is 10.5 Å². The van der Waals surface area contributed by atoms with Gasteiger partial charge in [-0.05, 0) is 61.6 Å². The van der Waals surface area contributed by atoms with E-state index in [4.69, 9.17) is 10.5 Å².